The van der Waals surface area contributed by atoms with Crippen molar-refractivity contribution >= 4 is 17.4 Å². The Bertz CT molecular complexity index is 566. The number of aryl methyl sites for hydroxylation is 1. The second kappa shape index (κ2) is 6.21. The summed E-state index contributed by atoms with van der Waals surface area (Å²) < 4.78 is 39.4. The second-order valence-corrected chi connectivity index (χ2v) is 5.13. The number of para-hydroxylation sites is 1. The van der Waals surface area contributed by atoms with Crippen molar-refractivity contribution in [1.29, 1.82) is 0 Å². The largest absolute Gasteiger partial charge is 0.446 e. The van der Waals surface area contributed by atoms with Crippen LogP contribution in [-0.2, 0) is 13.1 Å². The Kier molecular flexibility index (Phi) is 4.59. The topological polar surface area (TPSA) is 29.9 Å². The van der Waals surface area contributed by atoms with E-state index in [1.165, 1.54) is 6.07 Å². The second-order valence-electron chi connectivity index (χ2n) is 4.03. The number of halogens is 3. The van der Waals surface area contributed by atoms with Gasteiger partial charge in [-0.2, -0.15) is 13.2 Å². The first-order valence-electron chi connectivity index (χ1n) is 6.08. The SMILES string of the molecule is CCn1ccnc1CNc1ccccc1SC(F)(F)F. The van der Waals surface area contributed by atoms with Gasteiger partial charge in [-0.1, -0.05) is 12.1 Å². The first-order chi connectivity index (χ1) is 9.49. The molecule has 0 saturated heterocycles. The van der Waals surface area contributed by atoms with Gasteiger partial charge in [0.05, 0.1) is 6.54 Å². The van der Waals surface area contributed by atoms with Crippen LogP contribution in [-0.4, -0.2) is 15.1 Å². The molecule has 1 N–H and O–H groups in total. The highest BCUT2D eigenvalue weighted by Crippen LogP contribution is 2.40. The van der Waals surface area contributed by atoms with Crippen LogP contribution in [0.3, 0.4) is 0 Å². The number of nitrogens with one attached hydrogen (secondary N) is 1. The zero-order chi connectivity index (χ0) is 14.6. The Labute approximate surface area is 119 Å². The molecule has 2 aromatic rings. The summed E-state index contributed by atoms with van der Waals surface area (Å²) in [5.41, 5.74) is -3.83. The normalized spacial score (nSPS) is 11.6. The minimum atomic E-state index is -4.29. The van der Waals surface area contributed by atoms with Gasteiger partial charge in [0.2, 0.25) is 0 Å². The summed E-state index contributed by atoms with van der Waals surface area (Å²) in [4.78, 5) is 4.34. The number of benzene rings is 1. The van der Waals surface area contributed by atoms with Crippen molar-refractivity contribution in [2.24, 2.45) is 0 Å². The lowest BCUT2D eigenvalue weighted by Gasteiger charge is -2.13. The molecule has 108 valence electrons. The van der Waals surface area contributed by atoms with E-state index in [-0.39, 0.29) is 16.7 Å². The molecule has 7 heteroatoms. The molecule has 0 radical (unpaired) electrons. The molecule has 3 nitrogen and oxygen atoms in total. The molecule has 1 aromatic carbocycles. The van der Waals surface area contributed by atoms with E-state index in [0.29, 0.717) is 12.2 Å². The number of imidazole rings is 1. The Morgan fingerprint density at radius 3 is 2.75 bits per heavy atom. The summed E-state index contributed by atoms with van der Waals surface area (Å²) in [5, 5.41) is 3.01. The zero-order valence-corrected chi connectivity index (χ0v) is 11.6. The van der Waals surface area contributed by atoms with E-state index in [1.807, 2.05) is 17.7 Å². The van der Waals surface area contributed by atoms with Crippen molar-refractivity contribution in [1.82, 2.24) is 9.55 Å². The van der Waals surface area contributed by atoms with Gasteiger partial charge in [-0.25, -0.2) is 4.98 Å². The minimum Gasteiger partial charge on any atom is -0.377 e. The Morgan fingerprint density at radius 1 is 1.30 bits per heavy atom. The lowest BCUT2D eigenvalue weighted by molar-refractivity contribution is -0.0327. The maximum Gasteiger partial charge on any atom is 0.446 e. The van der Waals surface area contributed by atoms with E-state index in [0.717, 1.165) is 12.4 Å². The fourth-order valence-corrected chi connectivity index (χ4v) is 2.44. The van der Waals surface area contributed by atoms with Gasteiger partial charge in [-0.3, -0.25) is 0 Å². The van der Waals surface area contributed by atoms with Gasteiger partial charge in [0, 0.05) is 29.5 Å². The number of hydrogen-bond donors (Lipinski definition) is 1. The van der Waals surface area contributed by atoms with Gasteiger partial charge in [-0.05, 0) is 30.8 Å². The van der Waals surface area contributed by atoms with Crippen molar-refractivity contribution in [3.05, 3.63) is 42.5 Å². The van der Waals surface area contributed by atoms with Gasteiger partial charge in [0.25, 0.3) is 0 Å². The van der Waals surface area contributed by atoms with Crippen molar-refractivity contribution in [2.45, 2.75) is 30.4 Å². The molecule has 20 heavy (non-hydrogen) atoms. The first-order valence-corrected chi connectivity index (χ1v) is 6.90. The quantitative estimate of drug-likeness (QED) is 0.842. The fourth-order valence-electron chi connectivity index (χ4n) is 1.80. The molecule has 0 saturated carbocycles. The average molecular weight is 301 g/mol. The van der Waals surface area contributed by atoms with Crippen LogP contribution in [0.5, 0.6) is 0 Å². The molecule has 0 amide bonds. The summed E-state index contributed by atoms with van der Waals surface area (Å²) >= 11 is -0.115. The highest BCUT2D eigenvalue weighted by molar-refractivity contribution is 8.00. The number of alkyl halides is 3. The number of aromatic nitrogens is 2. The highest BCUT2D eigenvalue weighted by Gasteiger charge is 2.30. The number of rotatable bonds is 5. The lowest BCUT2D eigenvalue weighted by Crippen LogP contribution is -2.08. The van der Waals surface area contributed by atoms with Crippen LogP contribution >= 0.6 is 11.8 Å². The monoisotopic (exact) mass is 301 g/mol. The van der Waals surface area contributed by atoms with E-state index < -0.39 is 5.51 Å². The van der Waals surface area contributed by atoms with Crippen LogP contribution in [0.2, 0.25) is 0 Å². The molecular weight excluding hydrogens is 287 g/mol. The molecule has 2 rings (SSSR count). The van der Waals surface area contributed by atoms with Crippen molar-refractivity contribution in [3.8, 4) is 0 Å². The minimum absolute atomic E-state index is 0.115. The standard InChI is InChI=1S/C13H14F3N3S/c1-2-19-8-7-17-12(19)9-18-10-5-3-4-6-11(10)20-13(14,15)16/h3-8,18H,2,9H2,1H3. The van der Waals surface area contributed by atoms with Crippen molar-refractivity contribution in [3.63, 3.8) is 0 Å². The molecule has 0 unspecified atom stereocenters. The van der Waals surface area contributed by atoms with Crippen molar-refractivity contribution < 1.29 is 13.2 Å². The summed E-state index contributed by atoms with van der Waals surface area (Å²) in [7, 11) is 0. The van der Waals surface area contributed by atoms with Crippen molar-refractivity contribution in [2.75, 3.05) is 5.32 Å². The summed E-state index contributed by atoms with van der Waals surface area (Å²) in [6.45, 7) is 3.14. The smallest absolute Gasteiger partial charge is 0.377 e. The van der Waals surface area contributed by atoms with E-state index in [4.69, 9.17) is 0 Å². The maximum atomic E-state index is 12.5. The molecule has 0 aliphatic heterocycles. The van der Waals surface area contributed by atoms with Crippen LogP contribution in [0.1, 0.15) is 12.7 Å². The molecule has 0 aliphatic rings. The van der Waals surface area contributed by atoms with Gasteiger partial charge in [-0.15, -0.1) is 0 Å². The van der Waals surface area contributed by atoms with Crippen LogP contribution < -0.4 is 5.32 Å². The van der Waals surface area contributed by atoms with Crippen LogP contribution in [0.4, 0.5) is 18.9 Å². The molecule has 0 aliphatic carbocycles. The molecule has 0 atom stereocenters. The molecule has 0 fully saturated rings. The fraction of sp³-hybridized carbons (Fsp3) is 0.308. The summed E-state index contributed by atoms with van der Waals surface area (Å²) in [6.07, 6.45) is 3.52. The Morgan fingerprint density at radius 2 is 2.05 bits per heavy atom. The summed E-state index contributed by atoms with van der Waals surface area (Å²) in [5.74, 6) is 0.791. The molecular formula is C13H14F3N3S. The maximum absolute atomic E-state index is 12.5. The predicted molar refractivity (Wildman–Crippen MR) is 73.6 cm³/mol. The number of anilines is 1. The van der Waals surface area contributed by atoms with Crippen LogP contribution in [0, 0.1) is 0 Å². The average Bonchev–Trinajstić information content (AvgIpc) is 2.83. The van der Waals surface area contributed by atoms with Gasteiger partial charge in [0.15, 0.2) is 0 Å². The van der Waals surface area contributed by atoms with Gasteiger partial charge < -0.3 is 9.88 Å². The zero-order valence-electron chi connectivity index (χ0n) is 10.8. The molecule has 1 aromatic heterocycles. The number of nitrogens with zero attached hydrogens (tertiary/aromatic N) is 2. The highest BCUT2D eigenvalue weighted by atomic mass is 32.2. The third kappa shape index (κ3) is 3.93. The molecule has 0 bridgehead atoms. The molecule has 0 spiro atoms. The number of thioether (sulfide) groups is 1. The predicted octanol–water partition coefficient (Wildman–Crippen LogP) is 4.13. The van der Waals surface area contributed by atoms with Crippen LogP contribution in [0.25, 0.3) is 0 Å². The number of hydrogen-bond acceptors (Lipinski definition) is 3. The third-order valence-electron chi connectivity index (χ3n) is 2.69. The van der Waals surface area contributed by atoms with E-state index in [1.54, 1.807) is 24.4 Å². The summed E-state index contributed by atoms with van der Waals surface area (Å²) in [6, 6.07) is 6.38. The third-order valence-corrected chi connectivity index (χ3v) is 3.50. The van der Waals surface area contributed by atoms with E-state index in [9.17, 15) is 13.2 Å². The molecule has 1 heterocycles. The Hall–Kier alpha value is -1.63. The lowest BCUT2D eigenvalue weighted by atomic mass is 10.3. The van der Waals surface area contributed by atoms with Crippen LogP contribution in [0.15, 0.2) is 41.6 Å². The van der Waals surface area contributed by atoms with Gasteiger partial charge in [0.1, 0.15) is 5.82 Å². The van der Waals surface area contributed by atoms with E-state index in [2.05, 4.69) is 10.3 Å². The van der Waals surface area contributed by atoms with Gasteiger partial charge >= 0.3 is 5.51 Å². The Balaban J connectivity index is 2.10. The first kappa shape index (κ1) is 14.8. The van der Waals surface area contributed by atoms with E-state index >= 15 is 0 Å².